The molecule has 9 heteroatoms. The van der Waals surface area contributed by atoms with Gasteiger partial charge in [-0.25, -0.2) is 4.98 Å². The Balaban J connectivity index is 1.36. The molecule has 0 aliphatic carbocycles. The maximum absolute atomic E-state index is 10.2. The van der Waals surface area contributed by atoms with Crippen molar-refractivity contribution < 1.29 is 5.11 Å². The number of aromatic nitrogens is 6. The zero-order chi connectivity index (χ0) is 24.5. The number of unbranched alkanes of at least 4 members (excludes halogenated alkanes) is 1. The fraction of sp³-hybridized carbons (Fsp3) is 0.185. The van der Waals surface area contributed by atoms with E-state index in [0.29, 0.717) is 12.2 Å². The number of aliphatic hydroxyl groups excluding tert-OH is 1. The van der Waals surface area contributed by atoms with Gasteiger partial charge in [0.05, 0.1) is 29.1 Å². The van der Waals surface area contributed by atoms with Crippen LogP contribution >= 0.6 is 11.3 Å². The molecule has 1 atom stereocenters. The van der Waals surface area contributed by atoms with Gasteiger partial charge in [-0.3, -0.25) is 15.1 Å². The van der Waals surface area contributed by atoms with Crippen LogP contribution in [0.2, 0.25) is 0 Å². The van der Waals surface area contributed by atoms with E-state index < -0.39 is 6.23 Å². The normalized spacial score (nSPS) is 12.4. The first-order chi connectivity index (χ1) is 17.7. The summed E-state index contributed by atoms with van der Waals surface area (Å²) in [6, 6.07) is 12.2. The van der Waals surface area contributed by atoms with Crippen LogP contribution in [0.4, 0.5) is 5.69 Å². The van der Waals surface area contributed by atoms with Crippen LogP contribution in [-0.4, -0.2) is 41.5 Å². The zero-order valence-electron chi connectivity index (χ0n) is 19.7. The van der Waals surface area contributed by atoms with Crippen molar-refractivity contribution in [1.29, 1.82) is 0 Å². The van der Waals surface area contributed by atoms with Gasteiger partial charge in [-0.2, -0.15) is 5.10 Å². The molecule has 0 spiro atoms. The summed E-state index contributed by atoms with van der Waals surface area (Å²) in [5.74, 6) is 0.687. The molecule has 4 N–H and O–H groups in total. The van der Waals surface area contributed by atoms with Crippen molar-refractivity contribution in [3.05, 3.63) is 66.6 Å². The first kappa shape index (κ1) is 22.4. The Morgan fingerprint density at radius 2 is 1.94 bits per heavy atom. The summed E-state index contributed by atoms with van der Waals surface area (Å²) >= 11 is 1.67. The van der Waals surface area contributed by atoms with Crippen LogP contribution in [0.5, 0.6) is 0 Å². The van der Waals surface area contributed by atoms with E-state index in [2.05, 4.69) is 54.9 Å². The quantitative estimate of drug-likeness (QED) is 0.187. The zero-order valence-corrected chi connectivity index (χ0v) is 20.5. The van der Waals surface area contributed by atoms with E-state index in [-0.39, 0.29) is 0 Å². The summed E-state index contributed by atoms with van der Waals surface area (Å²) in [6.45, 7) is 2.11. The lowest BCUT2D eigenvalue weighted by molar-refractivity contribution is 0.190. The highest BCUT2D eigenvalue weighted by Crippen LogP contribution is 2.34. The summed E-state index contributed by atoms with van der Waals surface area (Å²) in [5.41, 5.74) is 7.15. The highest BCUT2D eigenvalue weighted by atomic mass is 32.1. The molecular formula is C27H25N7OS. The van der Waals surface area contributed by atoms with Crippen LogP contribution in [0.3, 0.4) is 0 Å². The SMILES string of the molecule is CCCCC(O)Nc1cncc(-c2ccc3[nH]nc(-c4nc5c(-c6cccs6)cncc5[nH]4)c3c2)c1. The molecule has 8 nitrogen and oxygen atoms in total. The lowest BCUT2D eigenvalue weighted by atomic mass is 10.0. The maximum Gasteiger partial charge on any atom is 0.159 e. The van der Waals surface area contributed by atoms with Crippen LogP contribution in [0.1, 0.15) is 26.2 Å². The number of benzene rings is 1. The summed E-state index contributed by atoms with van der Waals surface area (Å²) in [6.07, 6.45) is 9.32. The average Bonchev–Trinajstić information content (AvgIpc) is 3.66. The highest BCUT2D eigenvalue weighted by molar-refractivity contribution is 7.13. The number of H-pyrrole nitrogens is 2. The number of aliphatic hydroxyl groups is 1. The van der Waals surface area contributed by atoms with Crippen LogP contribution in [0.15, 0.2) is 66.6 Å². The van der Waals surface area contributed by atoms with Crippen molar-refractivity contribution in [3.63, 3.8) is 0 Å². The molecule has 0 amide bonds. The van der Waals surface area contributed by atoms with Crippen molar-refractivity contribution in [2.75, 3.05) is 5.32 Å². The molecule has 0 radical (unpaired) electrons. The molecule has 0 aliphatic heterocycles. The van der Waals surface area contributed by atoms with Gasteiger partial charge in [0, 0.05) is 33.8 Å². The Kier molecular flexibility index (Phi) is 5.92. The van der Waals surface area contributed by atoms with Gasteiger partial charge in [0.15, 0.2) is 5.82 Å². The maximum atomic E-state index is 10.2. The van der Waals surface area contributed by atoms with E-state index in [1.54, 1.807) is 23.7 Å². The molecule has 0 aliphatic rings. The molecular weight excluding hydrogens is 470 g/mol. The molecule has 5 heterocycles. The topological polar surface area (TPSA) is 115 Å². The lowest BCUT2D eigenvalue weighted by Crippen LogP contribution is -2.18. The van der Waals surface area contributed by atoms with Crippen LogP contribution in [0, 0.1) is 0 Å². The molecule has 36 heavy (non-hydrogen) atoms. The van der Waals surface area contributed by atoms with Crippen molar-refractivity contribution in [1.82, 2.24) is 30.1 Å². The molecule has 0 fully saturated rings. The predicted octanol–water partition coefficient (Wildman–Crippen LogP) is 6.21. The first-order valence-corrected chi connectivity index (χ1v) is 12.8. The van der Waals surface area contributed by atoms with Crippen molar-refractivity contribution in [2.24, 2.45) is 0 Å². The molecule has 0 saturated carbocycles. The Hall–Kier alpha value is -4.08. The van der Waals surface area contributed by atoms with Crippen LogP contribution in [-0.2, 0) is 0 Å². The number of nitrogens with zero attached hydrogens (tertiary/aromatic N) is 4. The smallest absolute Gasteiger partial charge is 0.159 e. The Bertz CT molecular complexity index is 1640. The third kappa shape index (κ3) is 4.23. The van der Waals surface area contributed by atoms with E-state index in [4.69, 9.17) is 4.98 Å². The standard InChI is InChI=1S/C27H25N7OS/c1-2-3-6-24(35)30-18-10-17(12-28-13-18)16-7-8-21-19(11-16)26(34-33-21)27-31-22-15-29-14-20(25(22)32-27)23-5-4-9-36-23/h4-5,7-15,24,30,35H,2-3,6H2,1H3,(H,31,32)(H,33,34). The van der Waals surface area contributed by atoms with E-state index in [1.807, 2.05) is 36.7 Å². The largest absolute Gasteiger partial charge is 0.374 e. The Labute approximate surface area is 211 Å². The van der Waals surface area contributed by atoms with E-state index in [1.165, 1.54) is 0 Å². The van der Waals surface area contributed by atoms with Gasteiger partial charge in [-0.1, -0.05) is 25.5 Å². The van der Waals surface area contributed by atoms with Gasteiger partial charge < -0.3 is 15.4 Å². The highest BCUT2D eigenvalue weighted by Gasteiger charge is 2.16. The van der Waals surface area contributed by atoms with Gasteiger partial charge in [-0.05, 0) is 48.1 Å². The molecule has 5 aromatic heterocycles. The number of thiophene rings is 1. The summed E-state index contributed by atoms with van der Waals surface area (Å²) in [7, 11) is 0. The summed E-state index contributed by atoms with van der Waals surface area (Å²) in [4.78, 5) is 18.2. The van der Waals surface area contributed by atoms with Crippen molar-refractivity contribution >= 4 is 39.0 Å². The number of rotatable bonds is 8. The minimum Gasteiger partial charge on any atom is -0.374 e. The van der Waals surface area contributed by atoms with Crippen LogP contribution in [0.25, 0.3) is 55.0 Å². The Morgan fingerprint density at radius 1 is 1.03 bits per heavy atom. The number of imidazole rings is 1. The monoisotopic (exact) mass is 495 g/mol. The van der Waals surface area contributed by atoms with E-state index >= 15 is 0 Å². The fourth-order valence-corrected chi connectivity index (χ4v) is 5.11. The first-order valence-electron chi connectivity index (χ1n) is 12.0. The lowest BCUT2D eigenvalue weighted by Gasteiger charge is -2.14. The third-order valence-electron chi connectivity index (χ3n) is 6.20. The second kappa shape index (κ2) is 9.52. The Morgan fingerprint density at radius 3 is 2.81 bits per heavy atom. The average molecular weight is 496 g/mol. The van der Waals surface area contributed by atoms with Gasteiger partial charge in [-0.15, -0.1) is 11.3 Å². The van der Waals surface area contributed by atoms with Gasteiger partial charge >= 0.3 is 0 Å². The van der Waals surface area contributed by atoms with Gasteiger partial charge in [0.25, 0.3) is 0 Å². The number of nitrogens with one attached hydrogen (secondary N) is 3. The van der Waals surface area contributed by atoms with Gasteiger partial charge in [0.2, 0.25) is 0 Å². The molecule has 1 unspecified atom stereocenters. The number of hydrogen-bond acceptors (Lipinski definition) is 7. The van der Waals surface area contributed by atoms with E-state index in [9.17, 15) is 5.11 Å². The molecule has 0 bridgehead atoms. The second-order valence-electron chi connectivity index (χ2n) is 8.74. The van der Waals surface area contributed by atoms with Gasteiger partial charge in [0.1, 0.15) is 17.4 Å². The minimum absolute atomic E-state index is 0.591. The number of pyridine rings is 2. The number of aromatic amines is 2. The van der Waals surface area contributed by atoms with Crippen molar-refractivity contribution in [2.45, 2.75) is 32.4 Å². The molecule has 6 rings (SSSR count). The molecule has 0 saturated heterocycles. The predicted molar refractivity (Wildman–Crippen MR) is 145 cm³/mol. The number of fused-ring (bicyclic) bond motifs is 2. The number of anilines is 1. The second-order valence-corrected chi connectivity index (χ2v) is 9.69. The van der Waals surface area contributed by atoms with E-state index in [0.717, 1.165) is 67.7 Å². The third-order valence-corrected chi connectivity index (χ3v) is 7.11. The molecule has 1 aromatic carbocycles. The summed E-state index contributed by atoms with van der Waals surface area (Å²) in [5, 5.41) is 24.1. The molecule has 180 valence electrons. The minimum atomic E-state index is -0.591. The van der Waals surface area contributed by atoms with Crippen LogP contribution < -0.4 is 5.32 Å². The molecule has 6 aromatic rings. The fourth-order valence-electron chi connectivity index (χ4n) is 4.37. The van der Waals surface area contributed by atoms with Crippen molar-refractivity contribution in [3.8, 4) is 33.1 Å². The number of hydrogen-bond donors (Lipinski definition) is 4. The summed E-state index contributed by atoms with van der Waals surface area (Å²) < 4.78 is 0.